The molecule has 0 aromatic heterocycles. The monoisotopic (exact) mass is 370 g/mol. The van der Waals surface area contributed by atoms with Crippen LogP contribution in [0.25, 0.3) is 0 Å². The van der Waals surface area contributed by atoms with Crippen molar-refractivity contribution in [3.8, 4) is 5.75 Å². The average Bonchev–Trinajstić information content (AvgIpc) is 3.52. The molecular formula is C21H23FN2O3. The molecule has 142 valence electrons. The highest BCUT2D eigenvalue weighted by atomic mass is 19.1. The molecule has 1 aliphatic carbocycles. The number of hydrogen-bond acceptors (Lipinski definition) is 3. The van der Waals surface area contributed by atoms with Gasteiger partial charge in [0, 0.05) is 30.8 Å². The lowest BCUT2D eigenvalue weighted by Crippen LogP contribution is -2.28. The number of hydrogen-bond donors (Lipinski definition) is 1. The van der Waals surface area contributed by atoms with Crippen LogP contribution < -0.4 is 10.1 Å². The summed E-state index contributed by atoms with van der Waals surface area (Å²) < 4.78 is 18.4. The molecule has 0 unspecified atom stereocenters. The topological polar surface area (TPSA) is 58.6 Å². The van der Waals surface area contributed by atoms with Gasteiger partial charge in [-0.2, -0.15) is 0 Å². The second-order valence-electron chi connectivity index (χ2n) is 6.72. The number of carbonyl (C=O) groups excluding carboxylic acids is 2. The Balaban J connectivity index is 1.42. The van der Waals surface area contributed by atoms with E-state index < -0.39 is 0 Å². The van der Waals surface area contributed by atoms with Crippen LogP contribution in [0, 0.1) is 11.7 Å². The van der Waals surface area contributed by atoms with E-state index in [1.54, 1.807) is 48.3 Å². The maximum atomic E-state index is 12.8. The van der Waals surface area contributed by atoms with Gasteiger partial charge in [-0.05, 0) is 67.8 Å². The van der Waals surface area contributed by atoms with E-state index in [1.165, 1.54) is 12.1 Å². The van der Waals surface area contributed by atoms with Crippen LogP contribution in [0.4, 0.5) is 10.1 Å². The van der Waals surface area contributed by atoms with E-state index in [2.05, 4.69) is 5.32 Å². The van der Waals surface area contributed by atoms with E-state index in [1.807, 2.05) is 0 Å². The van der Waals surface area contributed by atoms with Gasteiger partial charge >= 0.3 is 0 Å². The number of benzene rings is 2. The molecule has 3 rings (SSSR count). The van der Waals surface area contributed by atoms with Gasteiger partial charge in [-0.15, -0.1) is 0 Å². The Labute approximate surface area is 158 Å². The normalized spacial score (nSPS) is 13.1. The Bertz CT molecular complexity index is 786. The summed E-state index contributed by atoms with van der Waals surface area (Å²) in [7, 11) is 1.74. The van der Waals surface area contributed by atoms with Crippen molar-refractivity contribution in [2.24, 2.45) is 5.92 Å². The summed E-state index contributed by atoms with van der Waals surface area (Å²) in [6, 6.07) is 12.8. The van der Waals surface area contributed by atoms with Crippen LogP contribution in [0.5, 0.6) is 5.75 Å². The number of amides is 2. The van der Waals surface area contributed by atoms with Gasteiger partial charge in [-0.25, -0.2) is 4.39 Å². The summed E-state index contributed by atoms with van der Waals surface area (Å²) in [5.41, 5.74) is 1.28. The van der Waals surface area contributed by atoms with E-state index in [0.717, 1.165) is 12.8 Å². The summed E-state index contributed by atoms with van der Waals surface area (Å²) in [5.74, 6) is 0.416. The van der Waals surface area contributed by atoms with E-state index in [9.17, 15) is 14.0 Å². The number of nitrogens with zero attached hydrogens (tertiary/aromatic N) is 1. The lowest BCUT2D eigenvalue weighted by molar-refractivity contribution is -0.117. The highest BCUT2D eigenvalue weighted by Gasteiger charge is 2.29. The van der Waals surface area contributed by atoms with Crippen molar-refractivity contribution in [1.82, 2.24) is 4.90 Å². The van der Waals surface area contributed by atoms with Crippen LogP contribution in [0.3, 0.4) is 0 Å². The van der Waals surface area contributed by atoms with Crippen molar-refractivity contribution in [1.29, 1.82) is 0 Å². The minimum Gasteiger partial charge on any atom is -0.494 e. The van der Waals surface area contributed by atoms with Crippen LogP contribution in [0.2, 0.25) is 0 Å². The molecule has 0 aliphatic heterocycles. The Morgan fingerprint density at radius 1 is 1.11 bits per heavy atom. The van der Waals surface area contributed by atoms with Crippen LogP contribution >= 0.6 is 0 Å². The van der Waals surface area contributed by atoms with Crippen LogP contribution in [-0.2, 0) is 4.79 Å². The Kier molecular flexibility index (Phi) is 6.06. The molecule has 1 N–H and O–H groups in total. The van der Waals surface area contributed by atoms with Gasteiger partial charge in [-0.1, -0.05) is 0 Å². The van der Waals surface area contributed by atoms with Crippen molar-refractivity contribution < 1.29 is 18.7 Å². The predicted octanol–water partition coefficient (Wildman–Crippen LogP) is 3.72. The minimum atomic E-state index is -0.300. The zero-order chi connectivity index (χ0) is 19.2. The first-order valence-electron chi connectivity index (χ1n) is 9.07. The van der Waals surface area contributed by atoms with Crippen molar-refractivity contribution >= 4 is 17.5 Å². The van der Waals surface area contributed by atoms with Crippen LogP contribution in [0.1, 0.15) is 29.6 Å². The molecule has 0 bridgehead atoms. The van der Waals surface area contributed by atoms with Crippen LogP contribution in [0.15, 0.2) is 48.5 Å². The fourth-order valence-corrected chi connectivity index (χ4v) is 2.63. The molecule has 0 atom stereocenters. The molecular weight excluding hydrogens is 347 g/mol. The summed E-state index contributed by atoms with van der Waals surface area (Å²) in [6.07, 6.45) is 2.57. The first-order chi connectivity index (χ1) is 13.0. The highest BCUT2D eigenvalue weighted by Crippen LogP contribution is 2.30. The fourth-order valence-electron chi connectivity index (χ4n) is 2.63. The van der Waals surface area contributed by atoms with Gasteiger partial charge < -0.3 is 15.0 Å². The van der Waals surface area contributed by atoms with Gasteiger partial charge in [0.25, 0.3) is 5.91 Å². The maximum absolute atomic E-state index is 12.8. The largest absolute Gasteiger partial charge is 0.494 e. The number of ether oxygens (including phenoxy) is 1. The highest BCUT2D eigenvalue weighted by molar-refractivity contribution is 5.96. The van der Waals surface area contributed by atoms with Gasteiger partial charge in [-0.3, -0.25) is 9.59 Å². The third kappa shape index (κ3) is 5.54. The maximum Gasteiger partial charge on any atom is 0.253 e. The Morgan fingerprint density at radius 3 is 2.41 bits per heavy atom. The predicted molar refractivity (Wildman–Crippen MR) is 101 cm³/mol. The van der Waals surface area contributed by atoms with Crippen molar-refractivity contribution in [2.75, 3.05) is 25.5 Å². The van der Waals surface area contributed by atoms with Crippen LogP contribution in [-0.4, -0.2) is 36.9 Å². The van der Waals surface area contributed by atoms with Gasteiger partial charge in [0.05, 0.1) is 6.61 Å². The van der Waals surface area contributed by atoms with Gasteiger partial charge in [0.15, 0.2) is 0 Å². The molecule has 6 heteroatoms. The lowest BCUT2D eigenvalue weighted by atomic mass is 10.1. The molecule has 27 heavy (non-hydrogen) atoms. The second-order valence-corrected chi connectivity index (χ2v) is 6.72. The molecule has 2 aromatic rings. The fraction of sp³-hybridized carbons (Fsp3) is 0.333. The quantitative estimate of drug-likeness (QED) is 0.721. The lowest BCUT2D eigenvalue weighted by Gasteiger charge is -2.17. The molecule has 0 spiro atoms. The van der Waals surface area contributed by atoms with Crippen molar-refractivity contribution in [3.05, 3.63) is 59.9 Å². The summed E-state index contributed by atoms with van der Waals surface area (Å²) in [5, 5.41) is 2.86. The Morgan fingerprint density at radius 2 is 1.78 bits per heavy atom. The first-order valence-corrected chi connectivity index (χ1v) is 9.07. The molecule has 2 amide bonds. The molecule has 5 nitrogen and oxygen atoms in total. The Hall–Kier alpha value is -2.89. The molecule has 1 saturated carbocycles. The third-order valence-electron chi connectivity index (χ3n) is 4.41. The average molecular weight is 370 g/mol. The van der Waals surface area contributed by atoms with Crippen molar-refractivity contribution in [2.45, 2.75) is 19.3 Å². The second kappa shape index (κ2) is 8.66. The summed E-state index contributed by atoms with van der Waals surface area (Å²) in [4.78, 5) is 25.8. The van der Waals surface area contributed by atoms with E-state index in [4.69, 9.17) is 4.74 Å². The molecule has 1 fully saturated rings. The van der Waals surface area contributed by atoms with Gasteiger partial charge in [0.1, 0.15) is 11.6 Å². The molecule has 1 aliphatic rings. The summed E-state index contributed by atoms with van der Waals surface area (Å²) in [6.45, 7) is 0.982. The molecule has 0 radical (unpaired) electrons. The van der Waals surface area contributed by atoms with Crippen molar-refractivity contribution in [3.63, 3.8) is 0 Å². The first kappa shape index (κ1) is 18.9. The number of halogens is 1. The standard InChI is InChI=1S/C21H23FN2O3/c1-24(13-2-14-27-19-11-7-17(22)8-12-19)21(26)16-5-9-18(10-6-16)23-20(25)15-3-4-15/h5-12,15H,2-4,13-14H2,1H3,(H,23,25). The van der Waals surface area contributed by atoms with E-state index in [0.29, 0.717) is 36.6 Å². The number of nitrogens with one attached hydrogen (secondary N) is 1. The third-order valence-corrected chi connectivity index (χ3v) is 4.41. The zero-order valence-corrected chi connectivity index (χ0v) is 15.3. The number of rotatable bonds is 8. The SMILES string of the molecule is CN(CCCOc1ccc(F)cc1)C(=O)c1ccc(NC(=O)C2CC2)cc1. The number of anilines is 1. The molecule has 0 saturated heterocycles. The number of carbonyl (C=O) groups is 2. The smallest absolute Gasteiger partial charge is 0.253 e. The van der Waals surface area contributed by atoms with E-state index >= 15 is 0 Å². The minimum absolute atomic E-state index is 0.0485. The summed E-state index contributed by atoms with van der Waals surface area (Å²) >= 11 is 0. The van der Waals surface area contributed by atoms with Gasteiger partial charge in [0.2, 0.25) is 5.91 Å². The zero-order valence-electron chi connectivity index (χ0n) is 15.3. The van der Waals surface area contributed by atoms with E-state index in [-0.39, 0.29) is 23.5 Å². The molecule has 0 heterocycles. The molecule has 2 aromatic carbocycles.